The number of nitrogens with two attached hydrogens (primary N) is 3. The highest BCUT2D eigenvalue weighted by Gasteiger charge is 2.24. The quantitative estimate of drug-likeness (QED) is 0.483. The van der Waals surface area contributed by atoms with E-state index in [4.69, 9.17) is 17.2 Å². The fourth-order valence-electron chi connectivity index (χ4n) is 3.11. The topological polar surface area (TPSA) is 81.3 Å². The normalized spacial score (nSPS) is 16.4. The Labute approximate surface area is 126 Å². The van der Waals surface area contributed by atoms with E-state index in [9.17, 15) is 0 Å². The van der Waals surface area contributed by atoms with Crippen LogP contribution in [0, 0.1) is 5.92 Å². The summed E-state index contributed by atoms with van der Waals surface area (Å²) in [5.41, 5.74) is 17.2. The fraction of sp³-hybridized carbons (Fsp3) is 1.00. The minimum absolute atomic E-state index is 0.594. The summed E-state index contributed by atoms with van der Waals surface area (Å²) in [4.78, 5) is 2.68. The molecule has 0 amide bonds. The smallest absolute Gasteiger partial charge is 0.0108 e. The van der Waals surface area contributed by atoms with Gasteiger partial charge >= 0.3 is 0 Å². The summed E-state index contributed by atoms with van der Waals surface area (Å²) in [6, 6.07) is 1.19. The molecule has 122 valence electrons. The van der Waals surface area contributed by atoms with Crippen LogP contribution in [-0.2, 0) is 0 Å². The highest BCUT2D eigenvalue weighted by molar-refractivity contribution is 4.80. The summed E-state index contributed by atoms with van der Waals surface area (Å²) in [7, 11) is 0. The largest absolute Gasteiger partial charge is 0.330 e. The monoisotopic (exact) mass is 286 g/mol. The zero-order valence-electron chi connectivity index (χ0n) is 14.0. The van der Waals surface area contributed by atoms with Gasteiger partial charge in [0.2, 0.25) is 0 Å². The van der Waals surface area contributed by atoms with Gasteiger partial charge in [-0.05, 0) is 64.1 Å². The number of hydrogen-bond donors (Lipinski definition) is 3. The summed E-state index contributed by atoms with van der Waals surface area (Å²) in [5.74, 6) is 0.692. The predicted molar refractivity (Wildman–Crippen MR) is 89.7 cm³/mol. The van der Waals surface area contributed by atoms with Crippen LogP contribution in [-0.4, -0.2) is 43.2 Å². The van der Waals surface area contributed by atoms with Crippen LogP contribution >= 0.6 is 0 Å². The molecule has 0 aromatic rings. The van der Waals surface area contributed by atoms with Crippen molar-refractivity contribution in [1.82, 2.24) is 4.90 Å². The van der Waals surface area contributed by atoms with E-state index in [2.05, 4.69) is 25.7 Å². The van der Waals surface area contributed by atoms with Crippen molar-refractivity contribution in [2.45, 2.75) is 71.4 Å². The zero-order chi connectivity index (χ0) is 15.4. The third kappa shape index (κ3) is 7.58. The molecule has 3 atom stereocenters. The number of nitrogens with zero attached hydrogens (tertiary/aromatic N) is 1. The standard InChI is InChI=1S/C16H38N4/c1-4-15(8-11-18)20(16(5-2)9-12-19)13-14(3)7-6-10-17/h14-16H,4-13,17-19H2,1-3H3. The molecule has 0 bridgehead atoms. The average Bonchev–Trinajstić information content (AvgIpc) is 2.46. The summed E-state index contributed by atoms with van der Waals surface area (Å²) < 4.78 is 0. The van der Waals surface area contributed by atoms with Crippen LogP contribution in [0.25, 0.3) is 0 Å². The average molecular weight is 287 g/mol. The predicted octanol–water partition coefficient (Wildman–Crippen LogP) is 1.92. The molecule has 0 aliphatic rings. The van der Waals surface area contributed by atoms with Gasteiger partial charge in [0.1, 0.15) is 0 Å². The molecule has 6 N–H and O–H groups in total. The molecule has 0 aromatic carbocycles. The van der Waals surface area contributed by atoms with Gasteiger partial charge in [-0.15, -0.1) is 0 Å². The highest BCUT2D eigenvalue weighted by atomic mass is 15.2. The zero-order valence-corrected chi connectivity index (χ0v) is 14.0. The first kappa shape index (κ1) is 19.8. The molecule has 0 heterocycles. The van der Waals surface area contributed by atoms with Crippen molar-refractivity contribution < 1.29 is 0 Å². The summed E-state index contributed by atoms with van der Waals surface area (Å²) in [5, 5.41) is 0. The van der Waals surface area contributed by atoms with Gasteiger partial charge in [0.25, 0.3) is 0 Å². The number of rotatable bonds is 13. The van der Waals surface area contributed by atoms with Crippen LogP contribution in [0.4, 0.5) is 0 Å². The molecule has 0 saturated carbocycles. The molecule has 0 saturated heterocycles. The lowest BCUT2D eigenvalue weighted by Gasteiger charge is -2.39. The Hall–Kier alpha value is -0.160. The Kier molecular flexibility index (Phi) is 12.5. The van der Waals surface area contributed by atoms with Crippen LogP contribution in [0.15, 0.2) is 0 Å². The first-order valence-electron chi connectivity index (χ1n) is 8.50. The van der Waals surface area contributed by atoms with Crippen molar-refractivity contribution in [3.63, 3.8) is 0 Å². The molecule has 0 fully saturated rings. The molecular weight excluding hydrogens is 248 g/mol. The second-order valence-corrected chi connectivity index (χ2v) is 6.01. The van der Waals surface area contributed by atoms with Gasteiger partial charge in [0.15, 0.2) is 0 Å². The molecule has 0 aliphatic carbocycles. The summed E-state index contributed by atoms with van der Waals surface area (Å²) in [6.07, 6.45) is 6.84. The van der Waals surface area contributed by atoms with Gasteiger partial charge in [0, 0.05) is 18.6 Å². The van der Waals surface area contributed by atoms with E-state index in [1.165, 1.54) is 19.3 Å². The van der Waals surface area contributed by atoms with Crippen molar-refractivity contribution >= 4 is 0 Å². The molecule has 4 nitrogen and oxygen atoms in total. The van der Waals surface area contributed by atoms with Gasteiger partial charge in [-0.2, -0.15) is 0 Å². The van der Waals surface area contributed by atoms with E-state index in [0.29, 0.717) is 18.0 Å². The maximum absolute atomic E-state index is 5.80. The van der Waals surface area contributed by atoms with E-state index in [0.717, 1.165) is 45.4 Å². The van der Waals surface area contributed by atoms with Crippen LogP contribution in [0.5, 0.6) is 0 Å². The first-order valence-corrected chi connectivity index (χ1v) is 8.50. The minimum Gasteiger partial charge on any atom is -0.330 e. The van der Waals surface area contributed by atoms with Gasteiger partial charge in [-0.25, -0.2) is 0 Å². The van der Waals surface area contributed by atoms with E-state index < -0.39 is 0 Å². The van der Waals surface area contributed by atoms with E-state index in [-0.39, 0.29) is 0 Å². The van der Waals surface area contributed by atoms with Gasteiger partial charge < -0.3 is 17.2 Å². The van der Waals surface area contributed by atoms with Crippen molar-refractivity contribution in [3.05, 3.63) is 0 Å². The lowest BCUT2D eigenvalue weighted by atomic mass is 9.97. The summed E-state index contributed by atoms with van der Waals surface area (Å²) in [6.45, 7) is 10.4. The SMILES string of the molecule is CCC(CCN)N(CC(C)CCCN)C(CC)CCN. The van der Waals surface area contributed by atoms with Gasteiger partial charge in [0.05, 0.1) is 0 Å². The van der Waals surface area contributed by atoms with Crippen LogP contribution in [0.1, 0.15) is 59.3 Å². The van der Waals surface area contributed by atoms with Crippen molar-refractivity contribution in [2.24, 2.45) is 23.1 Å². The minimum atomic E-state index is 0.594. The molecule has 0 aromatic heterocycles. The Morgan fingerprint density at radius 3 is 1.65 bits per heavy atom. The van der Waals surface area contributed by atoms with Crippen molar-refractivity contribution in [2.75, 3.05) is 26.2 Å². The lowest BCUT2D eigenvalue weighted by Crippen LogP contribution is -2.46. The molecule has 20 heavy (non-hydrogen) atoms. The molecule has 0 aliphatic heterocycles. The maximum Gasteiger partial charge on any atom is 0.0108 e. The van der Waals surface area contributed by atoms with Crippen LogP contribution in [0.3, 0.4) is 0 Å². The van der Waals surface area contributed by atoms with E-state index in [1.54, 1.807) is 0 Å². The molecule has 3 unspecified atom stereocenters. The van der Waals surface area contributed by atoms with Crippen molar-refractivity contribution in [3.8, 4) is 0 Å². The Balaban J connectivity index is 4.73. The van der Waals surface area contributed by atoms with E-state index in [1.807, 2.05) is 0 Å². The van der Waals surface area contributed by atoms with Crippen LogP contribution in [0.2, 0.25) is 0 Å². The third-order valence-electron chi connectivity index (χ3n) is 4.30. The van der Waals surface area contributed by atoms with Crippen LogP contribution < -0.4 is 17.2 Å². The Morgan fingerprint density at radius 1 is 0.800 bits per heavy atom. The molecule has 0 rings (SSSR count). The van der Waals surface area contributed by atoms with E-state index >= 15 is 0 Å². The second kappa shape index (κ2) is 12.6. The Bertz CT molecular complexity index is 197. The lowest BCUT2D eigenvalue weighted by molar-refractivity contribution is 0.0947. The summed E-state index contributed by atoms with van der Waals surface area (Å²) >= 11 is 0. The number of hydrogen-bond acceptors (Lipinski definition) is 4. The van der Waals surface area contributed by atoms with Gasteiger partial charge in [-0.3, -0.25) is 4.90 Å². The molecule has 0 radical (unpaired) electrons. The fourth-order valence-corrected chi connectivity index (χ4v) is 3.11. The molecule has 4 heteroatoms. The highest BCUT2D eigenvalue weighted by Crippen LogP contribution is 2.20. The molecule has 0 spiro atoms. The third-order valence-corrected chi connectivity index (χ3v) is 4.30. The maximum atomic E-state index is 5.80. The first-order chi connectivity index (χ1) is 9.64. The van der Waals surface area contributed by atoms with Crippen molar-refractivity contribution in [1.29, 1.82) is 0 Å². The Morgan fingerprint density at radius 2 is 1.30 bits per heavy atom. The van der Waals surface area contributed by atoms with Gasteiger partial charge in [-0.1, -0.05) is 20.8 Å². The molecular formula is C16H38N4. The second-order valence-electron chi connectivity index (χ2n) is 6.01.